The van der Waals surface area contributed by atoms with Crippen LogP contribution in [0.1, 0.15) is 34.3 Å². The van der Waals surface area contributed by atoms with Gasteiger partial charge in [0.15, 0.2) is 17.1 Å². The van der Waals surface area contributed by atoms with Gasteiger partial charge in [0.2, 0.25) is 5.78 Å². The highest BCUT2D eigenvalue weighted by atomic mass is 16.6. The maximum absolute atomic E-state index is 13.9. The number of aromatic hydroxyl groups is 1. The van der Waals surface area contributed by atoms with E-state index in [0.717, 1.165) is 5.56 Å². The molecule has 0 fully saturated rings. The Balaban J connectivity index is 1.61. The number of nitrogens with two attached hydrogens (primary N) is 1. The maximum Gasteiger partial charge on any atom is 0.417 e. The molecule has 0 spiro atoms. The Morgan fingerprint density at radius 3 is 2.26 bits per heavy atom. The van der Waals surface area contributed by atoms with E-state index < -0.39 is 87.5 Å². The van der Waals surface area contributed by atoms with Gasteiger partial charge in [0, 0.05) is 11.5 Å². The first-order chi connectivity index (χ1) is 20.1. The van der Waals surface area contributed by atoms with Crippen molar-refractivity contribution in [1.82, 2.24) is 4.90 Å². The van der Waals surface area contributed by atoms with Gasteiger partial charge in [-0.15, -0.1) is 0 Å². The van der Waals surface area contributed by atoms with Crippen LogP contribution in [0.3, 0.4) is 0 Å². The Morgan fingerprint density at radius 1 is 1.05 bits per heavy atom. The number of hydrogen-bond acceptors (Lipinski definition) is 11. The molecule has 0 aliphatic heterocycles. The normalized spacial score (nSPS) is 28.3. The lowest BCUT2D eigenvalue weighted by molar-refractivity contribution is -0.162. The van der Waals surface area contributed by atoms with E-state index in [1.165, 1.54) is 31.1 Å². The largest absolute Gasteiger partial charge is 0.510 e. The van der Waals surface area contributed by atoms with Crippen LogP contribution in [0, 0.1) is 18.8 Å². The molecule has 6 atom stereocenters. The number of benzene rings is 2. The minimum Gasteiger partial charge on any atom is -0.510 e. The zero-order chi connectivity index (χ0) is 31.7. The van der Waals surface area contributed by atoms with Gasteiger partial charge in [-0.3, -0.25) is 24.6 Å². The van der Waals surface area contributed by atoms with Crippen molar-refractivity contribution in [2.24, 2.45) is 17.6 Å². The molecule has 0 heterocycles. The van der Waals surface area contributed by atoms with Gasteiger partial charge in [-0.05, 0) is 50.7 Å². The zero-order valence-corrected chi connectivity index (χ0v) is 23.7. The van der Waals surface area contributed by atoms with Crippen molar-refractivity contribution in [1.29, 1.82) is 0 Å². The molecule has 3 aliphatic rings. The number of phenols is 1. The van der Waals surface area contributed by atoms with Crippen molar-refractivity contribution in [2.45, 2.75) is 37.5 Å². The summed E-state index contributed by atoms with van der Waals surface area (Å²) in [7, 11) is 2.92. The highest BCUT2D eigenvalue weighted by Crippen LogP contribution is 2.56. The second-order valence-corrected chi connectivity index (χ2v) is 11.3. The molecule has 0 aromatic heterocycles. The molecule has 2 aromatic carbocycles. The molecular weight excluding hydrogens is 562 g/mol. The van der Waals surface area contributed by atoms with Gasteiger partial charge in [-0.25, -0.2) is 4.79 Å². The Hall–Kier alpha value is -4.72. The van der Waals surface area contributed by atoms with Crippen molar-refractivity contribution in [3.8, 4) is 11.5 Å². The number of anilines is 1. The summed E-state index contributed by atoms with van der Waals surface area (Å²) in [6, 6.07) is 8.05. The van der Waals surface area contributed by atoms with Crippen LogP contribution in [-0.2, 0) is 9.59 Å². The summed E-state index contributed by atoms with van der Waals surface area (Å²) in [4.78, 5) is 53.4. The molecule has 0 unspecified atom stereocenters. The first-order valence-corrected chi connectivity index (χ1v) is 13.4. The summed E-state index contributed by atoms with van der Waals surface area (Å²) in [5.74, 6) is -9.84. The highest BCUT2D eigenvalue weighted by molar-refractivity contribution is 6.25. The number of nitrogens with zero attached hydrogens (tertiary/aromatic N) is 1. The zero-order valence-electron chi connectivity index (χ0n) is 23.7. The Morgan fingerprint density at radius 2 is 1.67 bits per heavy atom. The van der Waals surface area contributed by atoms with Crippen LogP contribution in [0.15, 0.2) is 59.1 Å². The van der Waals surface area contributed by atoms with E-state index in [2.05, 4.69) is 5.32 Å². The molecular formula is C30H31N3O10. The monoisotopic (exact) mass is 593 g/mol. The summed E-state index contributed by atoms with van der Waals surface area (Å²) >= 11 is 0. The second-order valence-electron chi connectivity index (χ2n) is 11.3. The van der Waals surface area contributed by atoms with Gasteiger partial charge in [-0.2, -0.15) is 0 Å². The summed E-state index contributed by atoms with van der Waals surface area (Å²) < 4.78 is 5.22. The van der Waals surface area contributed by atoms with Crippen LogP contribution in [0.25, 0.3) is 0 Å². The Kier molecular flexibility index (Phi) is 7.08. The molecule has 43 heavy (non-hydrogen) atoms. The smallest absolute Gasteiger partial charge is 0.417 e. The lowest BCUT2D eigenvalue weighted by atomic mass is 9.55. The van der Waals surface area contributed by atoms with E-state index in [1.807, 2.05) is 6.92 Å². The van der Waals surface area contributed by atoms with Crippen molar-refractivity contribution in [3.63, 3.8) is 0 Å². The summed E-state index contributed by atoms with van der Waals surface area (Å²) in [5.41, 5.74) is 1.44. The average molecular weight is 594 g/mol. The third-order valence-corrected chi connectivity index (χ3v) is 8.60. The molecule has 13 heteroatoms. The van der Waals surface area contributed by atoms with E-state index >= 15 is 0 Å². The maximum atomic E-state index is 13.9. The van der Waals surface area contributed by atoms with E-state index in [0.29, 0.717) is 0 Å². The Bertz CT molecular complexity index is 1640. The number of nitrogens with one attached hydrogen (secondary N) is 1. The number of rotatable bonds is 4. The fourth-order valence-electron chi connectivity index (χ4n) is 6.57. The summed E-state index contributed by atoms with van der Waals surface area (Å²) in [5, 5.41) is 59.2. The first-order valence-electron chi connectivity index (χ1n) is 13.4. The number of fused-ring (bicyclic) bond motifs is 3. The Labute approximate surface area is 245 Å². The van der Waals surface area contributed by atoms with E-state index in [9.17, 15) is 44.7 Å². The number of amides is 2. The number of hydrogen-bond donors (Lipinski definition) is 7. The molecule has 0 saturated carbocycles. The number of aliphatic hydroxyl groups is 4. The van der Waals surface area contributed by atoms with Crippen LogP contribution in [-0.4, -0.2) is 85.8 Å². The van der Waals surface area contributed by atoms with Crippen molar-refractivity contribution in [2.75, 3.05) is 19.4 Å². The minimum absolute atomic E-state index is 0.201. The molecule has 3 aliphatic carbocycles. The number of carbonyl (C=O) groups excluding carboxylic acids is 4. The third kappa shape index (κ3) is 4.27. The standard InChI is InChI=1S/C30H31N3O10/c1-11-5-7-13(8-6-11)43-29(41)32-15-10-9-14-12(2)16-18(23(35)17(14)22(15)34)26(38)30(42)20(24(16)36)21(33(3)4)25(37)19(27(30)39)28(31)40/h5-10,12,16,20-21,24,34,36-38,42H,1-4H3,(H2,31,40)(H,32,41)/t12-,16+,20+,21-,24-,30-/m0/s1. The predicted octanol–water partition coefficient (Wildman–Crippen LogP) is 1.57. The molecule has 5 rings (SSSR count). The predicted molar refractivity (Wildman–Crippen MR) is 151 cm³/mol. The second kappa shape index (κ2) is 10.2. The topological polar surface area (TPSA) is 220 Å². The number of aliphatic hydroxyl groups excluding tert-OH is 3. The number of carbonyl (C=O) groups is 4. The fraction of sp³-hybridized carbons (Fsp3) is 0.333. The third-order valence-electron chi connectivity index (χ3n) is 8.60. The molecule has 0 bridgehead atoms. The van der Waals surface area contributed by atoms with Crippen LogP contribution in [0.4, 0.5) is 10.5 Å². The van der Waals surface area contributed by atoms with Crippen LogP contribution in [0.5, 0.6) is 11.5 Å². The van der Waals surface area contributed by atoms with E-state index in [1.54, 1.807) is 31.2 Å². The van der Waals surface area contributed by atoms with Crippen molar-refractivity contribution < 1.29 is 49.4 Å². The van der Waals surface area contributed by atoms with Crippen molar-refractivity contribution in [3.05, 3.63) is 75.8 Å². The van der Waals surface area contributed by atoms with Gasteiger partial charge < -0.3 is 36.0 Å². The number of likely N-dealkylation sites (N-methyl/N-ethyl adjacent to an activating group) is 1. The molecule has 0 saturated heterocycles. The molecule has 2 amide bonds. The number of Topliss-reactive ketones (excluding diaryl/α,β-unsaturated/α-hetero) is 2. The molecule has 13 nitrogen and oxygen atoms in total. The number of phenolic OH excluding ortho intramolecular Hbond substituents is 1. The molecule has 0 radical (unpaired) electrons. The lowest BCUT2D eigenvalue weighted by Gasteiger charge is -2.53. The number of ether oxygens (including phenoxy) is 1. The van der Waals surface area contributed by atoms with Crippen molar-refractivity contribution >= 4 is 29.3 Å². The molecule has 2 aromatic rings. The van der Waals surface area contributed by atoms with Gasteiger partial charge in [0.25, 0.3) is 5.91 Å². The van der Waals surface area contributed by atoms with Gasteiger partial charge in [0.05, 0.1) is 29.3 Å². The number of primary amides is 1. The van der Waals surface area contributed by atoms with Crippen LogP contribution >= 0.6 is 0 Å². The summed E-state index contributed by atoms with van der Waals surface area (Å²) in [6.45, 7) is 3.46. The molecule has 226 valence electrons. The first kappa shape index (κ1) is 29.8. The van der Waals surface area contributed by atoms with Crippen LogP contribution < -0.4 is 15.8 Å². The average Bonchev–Trinajstić information content (AvgIpc) is 2.93. The number of aryl methyl sites for hydroxylation is 1. The quantitative estimate of drug-likeness (QED) is 0.199. The number of ketones is 2. The SMILES string of the molecule is Cc1ccc(OC(=O)Nc2ccc3c(c2O)C(=O)C2=C(O)[C@]4(O)C(=O)C(C(N)=O)=C(O)[C@@H](N(C)C)[C@@H]4[C@@H](O)[C@@H]2[C@H]3C)cc1. The van der Waals surface area contributed by atoms with Gasteiger partial charge in [-0.1, -0.05) is 30.7 Å². The van der Waals surface area contributed by atoms with Gasteiger partial charge in [0.1, 0.15) is 22.8 Å². The minimum atomic E-state index is -3.02. The fourth-order valence-corrected chi connectivity index (χ4v) is 6.57. The summed E-state index contributed by atoms with van der Waals surface area (Å²) in [6.07, 6.45) is -2.67. The van der Waals surface area contributed by atoms with E-state index in [-0.39, 0.29) is 22.6 Å². The van der Waals surface area contributed by atoms with Gasteiger partial charge >= 0.3 is 6.09 Å². The van der Waals surface area contributed by atoms with Crippen LogP contribution in [0.2, 0.25) is 0 Å². The molecule has 8 N–H and O–H groups in total. The van der Waals surface area contributed by atoms with E-state index in [4.69, 9.17) is 10.5 Å². The highest BCUT2D eigenvalue weighted by Gasteiger charge is 2.67. The lowest BCUT2D eigenvalue weighted by Crippen LogP contribution is -2.68.